The Balaban J connectivity index is 1.73. The van der Waals surface area contributed by atoms with Crippen LogP contribution in [0.1, 0.15) is 24.8 Å². The van der Waals surface area contributed by atoms with E-state index in [4.69, 9.17) is 0 Å². The van der Waals surface area contributed by atoms with Crippen molar-refractivity contribution in [2.45, 2.75) is 25.3 Å². The van der Waals surface area contributed by atoms with Gasteiger partial charge in [-0.3, -0.25) is 19.3 Å². The van der Waals surface area contributed by atoms with E-state index < -0.39 is 41.4 Å². The number of carboxylic acid groups (broad SMARTS) is 1. The Morgan fingerprint density at radius 3 is 2.78 bits per heavy atom. The molecule has 7 nitrogen and oxygen atoms in total. The number of halogens is 1. The zero-order valence-corrected chi connectivity index (χ0v) is 15.1. The number of carbonyl (C=O) groups excluding carboxylic acids is 3. The maximum atomic E-state index is 13.3. The number of hydrogen-bond donors (Lipinski definition) is 1. The predicted molar refractivity (Wildman–Crippen MR) is 96.1 cm³/mol. The maximum absolute atomic E-state index is 13.3. The van der Waals surface area contributed by atoms with E-state index in [1.54, 1.807) is 6.07 Å². The van der Waals surface area contributed by atoms with Crippen LogP contribution in [0.4, 0.5) is 9.18 Å². The lowest BCUT2D eigenvalue weighted by Crippen LogP contribution is -2.51. The van der Waals surface area contributed by atoms with Gasteiger partial charge in [0.1, 0.15) is 18.4 Å². The van der Waals surface area contributed by atoms with Crippen LogP contribution >= 0.6 is 11.8 Å². The summed E-state index contributed by atoms with van der Waals surface area (Å²) >= 11 is 0.667. The molecular formula is C18H17FN2O5S. The van der Waals surface area contributed by atoms with Crippen molar-refractivity contribution in [1.29, 1.82) is 0 Å². The SMILES string of the molecule is O=C(O)C1CCCCN1C(=O)CN1C(=O)SC(=Cc2cccc(F)c2)C1=O. The fraction of sp³-hybridized carbons (Fsp3) is 0.333. The van der Waals surface area contributed by atoms with Crippen LogP contribution in [-0.2, 0) is 14.4 Å². The number of aliphatic carboxylic acids is 1. The minimum Gasteiger partial charge on any atom is -0.480 e. The summed E-state index contributed by atoms with van der Waals surface area (Å²) in [7, 11) is 0. The summed E-state index contributed by atoms with van der Waals surface area (Å²) in [5.41, 5.74) is 0.425. The Labute approximate surface area is 158 Å². The number of nitrogens with zero attached hydrogens (tertiary/aromatic N) is 2. The third kappa shape index (κ3) is 4.19. The van der Waals surface area contributed by atoms with E-state index >= 15 is 0 Å². The second kappa shape index (κ2) is 7.91. The molecule has 2 saturated heterocycles. The number of thioether (sulfide) groups is 1. The van der Waals surface area contributed by atoms with Gasteiger partial charge in [0.25, 0.3) is 11.1 Å². The summed E-state index contributed by atoms with van der Waals surface area (Å²) in [4.78, 5) is 50.6. The lowest BCUT2D eigenvalue weighted by molar-refractivity contribution is -0.152. The zero-order chi connectivity index (χ0) is 19.6. The first-order valence-electron chi connectivity index (χ1n) is 8.40. The second-order valence-electron chi connectivity index (χ2n) is 6.26. The number of hydrogen-bond acceptors (Lipinski definition) is 5. The highest BCUT2D eigenvalue weighted by Crippen LogP contribution is 2.32. The van der Waals surface area contributed by atoms with Crippen LogP contribution in [0.15, 0.2) is 29.2 Å². The number of imide groups is 1. The molecule has 0 radical (unpaired) electrons. The maximum Gasteiger partial charge on any atom is 0.326 e. The molecule has 0 saturated carbocycles. The van der Waals surface area contributed by atoms with Crippen LogP contribution in [-0.4, -0.2) is 57.1 Å². The van der Waals surface area contributed by atoms with Crippen LogP contribution < -0.4 is 0 Å². The van der Waals surface area contributed by atoms with E-state index in [1.165, 1.54) is 29.2 Å². The minimum absolute atomic E-state index is 0.0897. The van der Waals surface area contributed by atoms with Crippen LogP contribution in [0, 0.1) is 5.82 Å². The molecule has 0 spiro atoms. The molecule has 1 N–H and O–H groups in total. The van der Waals surface area contributed by atoms with Crippen LogP contribution in [0.2, 0.25) is 0 Å². The van der Waals surface area contributed by atoms with Crippen LogP contribution in [0.3, 0.4) is 0 Å². The Hall–Kier alpha value is -2.68. The number of rotatable bonds is 4. The van der Waals surface area contributed by atoms with Crippen LogP contribution in [0.25, 0.3) is 6.08 Å². The number of carbonyl (C=O) groups is 4. The van der Waals surface area contributed by atoms with Crippen molar-refractivity contribution in [3.05, 3.63) is 40.6 Å². The van der Waals surface area contributed by atoms with E-state index in [2.05, 4.69) is 0 Å². The van der Waals surface area contributed by atoms with E-state index in [0.29, 0.717) is 36.6 Å². The largest absolute Gasteiger partial charge is 0.480 e. The van der Waals surface area contributed by atoms with Crippen molar-refractivity contribution in [3.63, 3.8) is 0 Å². The standard InChI is InChI=1S/C18H17FN2O5S/c19-12-5-3-4-11(8-12)9-14-16(23)21(18(26)27-14)10-15(22)20-7-2-1-6-13(20)17(24)25/h3-5,8-9,13H,1-2,6-7,10H2,(H,24,25). The highest BCUT2D eigenvalue weighted by atomic mass is 32.2. The third-order valence-corrected chi connectivity index (χ3v) is 5.33. The van der Waals surface area contributed by atoms with Crippen LogP contribution in [0.5, 0.6) is 0 Å². The molecule has 3 amide bonds. The molecule has 1 unspecified atom stereocenters. The first kappa shape index (κ1) is 19.1. The van der Waals surface area contributed by atoms with E-state index in [1.807, 2.05) is 0 Å². The van der Waals surface area contributed by atoms with Gasteiger partial charge in [-0.05, 0) is 54.8 Å². The molecule has 9 heteroatoms. The quantitative estimate of drug-likeness (QED) is 0.791. The molecule has 2 aliphatic rings. The lowest BCUT2D eigenvalue weighted by Gasteiger charge is -2.33. The zero-order valence-electron chi connectivity index (χ0n) is 14.3. The molecular weight excluding hydrogens is 375 g/mol. The van der Waals surface area contributed by atoms with Gasteiger partial charge in [-0.2, -0.15) is 0 Å². The fourth-order valence-corrected chi connectivity index (χ4v) is 3.94. The molecule has 2 heterocycles. The molecule has 0 bridgehead atoms. The lowest BCUT2D eigenvalue weighted by atomic mass is 10.0. The van der Waals surface area contributed by atoms with Gasteiger partial charge in [0, 0.05) is 6.54 Å². The van der Waals surface area contributed by atoms with Crippen molar-refractivity contribution in [1.82, 2.24) is 9.80 Å². The van der Waals surface area contributed by atoms with Gasteiger partial charge in [0.05, 0.1) is 4.91 Å². The summed E-state index contributed by atoms with van der Waals surface area (Å²) in [5.74, 6) is -2.78. The van der Waals surface area contributed by atoms with Crippen molar-refractivity contribution in [3.8, 4) is 0 Å². The van der Waals surface area contributed by atoms with Gasteiger partial charge in [0.2, 0.25) is 5.91 Å². The molecule has 27 heavy (non-hydrogen) atoms. The normalized spacial score (nSPS) is 21.8. The summed E-state index contributed by atoms with van der Waals surface area (Å²) in [6, 6.07) is 4.63. The molecule has 1 atom stereocenters. The molecule has 0 aromatic heterocycles. The van der Waals surface area contributed by atoms with E-state index in [9.17, 15) is 28.7 Å². The first-order valence-corrected chi connectivity index (χ1v) is 9.21. The highest BCUT2D eigenvalue weighted by molar-refractivity contribution is 8.18. The number of amides is 3. The number of carboxylic acids is 1. The summed E-state index contributed by atoms with van der Waals surface area (Å²) in [5, 5.41) is 8.65. The average molecular weight is 392 g/mol. The van der Waals surface area contributed by atoms with Crippen molar-refractivity contribution >= 4 is 40.9 Å². The van der Waals surface area contributed by atoms with Gasteiger partial charge in [-0.25, -0.2) is 9.18 Å². The third-order valence-electron chi connectivity index (χ3n) is 4.42. The van der Waals surface area contributed by atoms with E-state index in [-0.39, 0.29) is 11.4 Å². The van der Waals surface area contributed by atoms with Gasteiger partial charge >= 0.3 is 5.97 Å². The minimum atomic E-state index is -1.09. The number of likely N-dealkylation sites (tertiary alicyclic amines) is 1. The van der Waals surface area contributed by atoms with Gasteiger partial charge < -0.3 is 10.0 Å². The summed E-state index contributed by atoms with van der Waals surface area (Å²) in [6.45, 7) is -0.222. The molecule has 142 valence electrons. The molecule has 0 aliphatic carbocycles. The highest BCUT2D eigenvalue weighted by Gasteiger charge is 2.39. The molecule has 2 aliphatic heterocycles. The second-order valence-corrected chi connectivity index (χ2v) is 7.25. The number of benzene rings is 1. The smallest absolute Gasteiger partial charge is 0.326 e. The summed E-state index contributed by atoms with van der Waals surface area (Å²) < 4.78 is 13.3. The number of piperidine rings is 1. The Kier molecular flexibility index (Phi) is 5.59. The Morgan fingerprint density at radius 1 is 1.30 bits per heavy atom. The predicted octanol–water partition coefficient (Wildman–Crippen LogP) is 2.33. The van der Waals surface area contributed by atoms with Gasteiger partial charge in [0.15, 0.2) is 0 Å². The van der Waals surface area contributed by atoms with Crippen molar-refractivity contribution in [2.24, 2.45) is 0 Å². The topological polar surface area (TPSA) is 95.0 Å². The average Bonchev–Trinajstić information content (AvgIpc) is 2.89. The molecule has 3 rings (SSSR count). The van der Waals surface area contributed by atoms with Crippen molar-refractivity contribution in [2.75, 3.05) is 13.1 Å². The summed E-state index contributed by atoms with van der Waals surface area (Å²) in [6.07, 6.45) is 3.12. The van der Waals surface area contributed by atoms with Crippen molar-refractivity contribution < 1.29 is 28.7 Å². The van der Waals surface area contributed by atoms with Gasteiger partial charge in [-0.1, -0.05) is 12.1 Å². The Morgan fingerprint density at radius 2 is 2.07 bits per heavy atom. The molecule has 2 fully saturated rings. The molecule has 1 aromatic carbocycles. The molecule has 1 aromatic rings. The first-order chi connectivity index (χ1) is 12.9. The van der Waals surface area contributed by atoms with E-state index in [0.717, 1.165) is 4.90 Å². The van der Waals surface area contributed by atoms with Gasteiger partial charge in [-0.15, -0.1) is 0 Å². The Bertz CT molecular complexity index is 841. The fourth-order valence-electron chi connectivity index (χ4n) is 3.10. The monoisotopic (exact) mass is 392 g/mol.